The van der Waals surface area contributed by atoms with Crippen LogP contribution in [0.15, 0.2) is 59.5 Å². The molecule has 3 aromatic rings. The van der Waals surface area contributed by atoms with E-state index >= 15 is 0 Å². The number of rotatable bonds is 4. The minimum Gasteiger partial charge on any atom is -0.399 e. The summed E-state index contributed by atoms with van der Waals surface area (Å²) in [6, 6.07) is 16.1. The molecule has 0 radical (unpaired) electrons. The number of hydrogen-bond donors (Lipinski definition) is 1. The van der Waals surface area contributed by atoms with Gasteiger partial charge in [0.2, 0.25) is 0 Å². The third kappa shape index (κ3) is 3.22. The van der Waals surface area contributed by atoms with Crippen LogP contribution in [0.1, 0.15) is 12.1 Å². The zero-order chi connectivity index (χ0) is 16.4. The van der Waals surface area contributed by atoms with Gasteiger partial charge in [0.25, 0.3) is 6.43 Å². The van der Waals surface area contributed by atoms with Crippen molar-refractivity contribution in [1.82, 2.24) is 9.78 Å². The first-order chi connectivity index (χ1) is 11.1. The highest BCUT2D eigenvalue weighted by molar-refractivity contribution is 7.98. The molecule has 1 aromatic heterocycles. The van der Waals surface area contributed by atoms with Crippen LogP contribution in [0.25, 0.3) is 16.9 Å². The zero-order valence-electron chi connectivity index (χ0n) is 12.4. The second kappa shape index (κ2) is 6.42. The summed E-state index contributed by atoms with van der Waals surface area (Å²) < 4.78 is 27.7. The predicted molar refractivity (Wildman–Crippen MR) is 90.2 cm³/mol. The van der Waals surface area contributed by atoms with Crippen molar-refractivity contribution in [2.75, 3.05) is 12.0 Å². The number of nitrogens with two attached hydrogens (primary N) is 1. The summed E-state index contributed by atoms with van der Waals surface area (Å²) >= 11 is 1.63. The first kappa shape index (κ1) is 15.6. The lowest BCUT2D eigenvalue weighted by atomic mass is 10.1. The van der Waals surface area contributed by atoms with Gasteiger partial charge in [0, 0.05) is 16.1 Å². The van der Waals surface area contributed by atoms with Crippen molar-refractivity contribution in [2.24, 2.45) is 0 Å². The van der Waals surface area contributed by atoms with Crippen LogP contribution in [-0.4, -0.2) is 16.0 Å². The Balaban J connectivity index is 2.12. The van der Waals surface area contributed by atoms with E-state index in [1.165, 1.54) is 10.7 Å². The first-order valence-electron chi connectivity index (χ1n) is 6.97. The van der Waals surface area contributed by atoms with Gasteiger partial charge in [-0.2, -0.15) is 5.10 Å². The number of nitrogens with zero attached hydrogens (tertiary/aromatic N) is 2. The molecule has 118 valence electrons. The molecular formula is C17H15F2N3S. The average molecular weight is 331 g/mol. The van der Waals surface area contributed by atoms with Crippen LogP contribution in [0.2, 0.25) is 0 Å². The normalized spacial score (nSPS) is 11.1. The lowest BCUT2D eigenvalue weighted by Crippen LogP contribution is -2.00. The van der Waals surface area contributed by atoms with Crippen molar-refractivity contribution in [3.63, 3.8) is 0 Å². The van der Waals surface area contributed by atoms with Crippen molar-refractivity contribution in [3.8, 4) is 16.9 Å². The van der Waals surface area contributed by atoms with E-state index in [-0.39, 0.29) is 5.69 Å². The fourth-order valence-electron chi connectivity index (χ4n) is 2.29. The molecule has 6 heteroatoms. The molecule has 0 saturated heterocycles. The number of aromatic nitrogens is 2. The molecule has 0 atom stereocenters. The molecule has 3 nitrogen and oxygen atoms in total. The fourth-order valence-corrected chi connectivity index (χ4v) is 2.69. The molecule has 0 aliphatic carbocycles. The summed E-state index contributed by atoms with van der Waals surface area (Å²) in [5.41, 5.74) is 8.20. The summed E-state index contributed by atoms with van der Waals surface area (Å²) in [7, 11) is 0. The van der Waals surface area contributed by atoms with Crippen LogP contribution < -0.4 is 5.73 Å². The Morgan fingerprint density at radius 3 is 2.26 bits per heavy atom. The van der Waals surface area contributed by atoms with E-state index in [9.17, 15) is 8.78 Å². The van der Waals surface area contributed by atoms with Crippen LogP contribution >= 0.6 is 11.8 Å². The maximum absolute atomic E-state index is 13.1. The Bertz CT molecular complexity index is 796. The molecule has 2 aromatic carbocycles. The molecule has 0 aliphatic rings. The molecule has 0 aliphatic heterocycles. The highest BCUT2D eigenvalue weighted by Crippen LogP contribution is 2.29. The number of benzene rings is 2. The predicted octanol–water partition coefficient (Wildman–Crippen LogP) is 4.78. The lowest BCUT2D eigenvalue weighted by molar-refractivity contribution is 0.145. The summed E-state index contributed by atoms with van der Waals surface area (Å²) in [6.45, 7) is 0. The van der Waals surface area contributed by atoms with Crippen LogP contribution in [0, 0.1) is 0 Å². The number of anilines is 1. The van der Waals surface area contributed by atoms with Crippen LogP contribution in [0.3, 0.4) is 0 Å². The van der Waals surface area contributed by atoms with E-state index in [1.54, 1.807) is 36.0 Å². The van der Waals surface area contributed by atoms with Gasteiger partial charge in [0.1, 0.15) is 5.69 Å². The molecule has 23 heavy (non-hydrogen) atoms. The van der Waals surface area contributed by atoms with Gasteiger partial charge in [0.15, 0.2) is 0 Å². The summed E-state index contributed by atoms with van der Waals surface area (Å²) in [5.74, 6) is 0. The maximum atomic E-state index is 13.1. The van der Waals surface area contributed by atoms with E-state index in [4.69, 9.17) is 5.73 Å². The molecule has 0 saturated carbocycles. The molecule has 0 spiro atoms. The summed E-state index contributed by atoms with van der Waals surface area (Å²) in [5, 5.41) is 4.05. The van der Waals surface area contributed by atoms with E-state index in [0.29, 0.717) is 17.1 Å². The lowest BCUT2D eigenvalue weighted by Gasteiger charge is -2.08. The van der Waals surface area contributed by atoms with Crippen molar-refractivity contribution in [1.29, 1.82) is 0 Å². The SMILES string of the molecule is CSc1ccc(-c2cc(C(F)F)nn2-c2ccc(N)cc2)cc1. The Hall–Kier alpha value is -2.34. The van der Waals surface area contributed by atoms with Crippen molar-refractivity contribution < 1.29 is 8.78 Å². The van der Waals surface area contributed by atoms with Gasteiger partial charge in [-0.3, -0.25) is 0 Å². The van der Waals surface area contributed by atoms with E-state index in [0.717, 1.165) is 10.5 Å². The maximum Gasteiger partial charge on any atom is 0.282 e. The zero-order valence-corrected chi connectivity index (χ0v) is 13.2. The molecule has 0 bridgehead atoms. The molecule has 0 unspecified atom stereocenters. The minimum absolute atomic E-state index is 0.245. The number of halogens is 2. The number of hydrogen-bond acceptors (Lipinski definition) is 3. The van der Waals surface area contributed by atoms with E-state index in [1.807, 2.05) is 30.5 Å². The van der Waals surface area contributed by atoms with Crippen LogP contribution in [0.4, 0.5) is 14.5 Å². The molecule has 3 rings (SSSR count). The van der Waals surface area contributed by atoms with E-state index in [2.05, 4.69) is 5.10 Å². The first-order valence-corrected chi connectivity index (χ1v) is 8.19. The average Bonchev–Trinajstić information content (AvgIpc) is 3.01. The van der Waals surface area contributed by atoms with Gasteiger partial charge in [-0.05, 0) is 48.7 Å². The standard InChI is InChI=1S/C17H15F2N3S/c1-23-14-8-2-11(3-9-14)16-10-15(17(18)19)21-22(16)13-6-4-12(20)5-7-13/h2-10,17H,20H2,1H3. The van der Waals surface area contributed by atoms with Gasteiger partial charge < -0.3 is 5.73 Å². The second-order valence-corrected chi connectivity index (χ2v) is 5.87. The largest absolute Gasteiger partial charge is 0.399 e. The monoisotopic (exact) mass is 331 g/mol. The van der Waals surface area contributed by atoms with Gasteiger partial charge in [0.05, 0.1) is 11.4 Å². The van der Waals surface area contributed by atoms with Gasteiger partial charge in [-0.25, -0.2) is 13.5 Å². The Labute approximate surface area is 137 Å². The quantitative estimate of drug-likeness (QED) is 0.552. The smallest absolute Gasteiger partial charge is 0.282 e. The molecular weight excluding hydrogens is 316 g/mol. The van der Waals surface area contributed by atoms with Crippen LogP contribution in [0.5, 0.6) is 0 Å². The second-order valence-electron chi connectivity index (χ2n) is 4.99. The van der Waals surface area contributed by atoms with Crippen LogP contribution in [-0.2, 0) is 0 Å². The Kier molecular flexibility index (Phi) is 4.34. The molecule has 1 heterocycles. The van der Waals surface area contributed by atoms with Gasteiger partial charge in [-0.1, -0.05) is 12.1 Å². The summed E-state index contributed by atoms with van der Waals surface area (Å²) in [6.07, 6.45) is -0.628. The molecule has 2 N–H and O–H groups in total. The van der Waals surface area contributed by atoms with Crippen molar-refractivity contribution in [2.45, 2.75) is 11.3 Å². The number of alkyl halides is 2. The molecule has 0 fully saturated rings. The minimum atomic E-state index is -2.62. The highest BCUT2D eigenvalue weighted by atomic mass is 32.2. The highest BCUT2D eigenvalue weighted by Gasteiger charge is 2.17. The van der Waals surface area contributed by atoms with Crippen molar-refractivity contribution in [3.05, 3.63) is 60.3 Å². The number of thioether (sulfide) groups is 1. The topological polar surface area (TPSA) is 43.8 Å². The van der Waals surface area contributed by atoms with E-state index < -0.39 is 6.43 Å². The molecule has 0 amide bonds. The third-order valence-electron chi connectivity index (χ3n) is 3.48. The summed E-state index contributed by atoms with van der Waals surface area (Å²) in [4.78, 5) is 1.11. The Morgan fingerprint density at radius 2 is 1.70 bits per heavy atom. The third-order valence-corrected chi connectivity index (χ3v) is 4.22. The number of nitrogen functional groups attached to an aromatic ring is 1. The van der Waals surface area contributed by atoms with Gasteiger partial charge in [-0.15, -0.1) is 11.8 Å². The Morgan fingerprint density at radius 1 is 1.04 bits per heavy atom. The van der Waals surface area contributed by atoms with Crippen molar-refractivity contribution >= 4 is 17.4 Å². The van der Waals surface area contributed by atoms with Gasteiger partial charge >= 0.3 is 0 Å². The fraction of sp³-hybridized carbons (Fsp3) is 0.118.